The molecule has 1 aliphatic heterocycles. The number of hydrogen-bond acceptors (Lipinski definition) is 3. The van der Waals surface area contributed by atoms with E-state index in [1.165, 1.54) is 0 Å². The van der Waals surface area contributed by atoms with Crippen LogP contribution < -0.4 is 11.1 Å². The van der Waals surface area contributed by atoms with Crippen LogP contribution >= 0.6 is 0 Å². The fraction of sp³-hybridized carbons (Fsp3) is 0.467. The number of nitrogens with two attached hydrogens (primary N) is 1. The number of likely N-dealkylation sites (tertiary alicyclic amines) is 1. The molecule has 2 amide bonds. The molecule has 0 bridgehead atoms. The fourth-order valence-electron chi connectivity index (χ4n) is 2.50. The second kappa shape index (κ2) is 5.94. The van der Waals surface area contributed by atoms with Gasteiger partial charge in [-0.1, -0.05) is 0 Å². The summed E-state index contributed by atoms with van der Waals surface area (Å²) in [7, 11) is 0. The quantitative estimate of drug-likeness (QED) is 0.817. The molecule has 1 aromatic carbocycles. The van der Waals surface area contributed by atoms with Crippen molar-refractivity contribution in [3.8, 4) is 0 Å². The van der Waals surface area contributed by atoms with E-state index in [9.17, 15) is 9.59 Å². The highest BCUT2D eigenvalue weighted by molar-refractivity contribution is 5.98. The second-order valence-corrected chi connectivity index (χ2v) is 5.36. The van der Waals surface area contributed by atoms with Crippen LogP contribution in [-0.2, 0) is 4.79 Å². The molecule has 108 valence electrons. The first-order chi connectivity index (χ1) is 9.47. The smallest absolute Gasteiger partial charge is 0.252 e. The van der Waals surface area contributed by atoms with E-state index >= 15 is 0 Å². The van der Waals surface area contributed by atoms with E-state index in [1.54, 1.807) is 30.0 Å². The molecule has 1 unspecified atom stereocenters. The predicted molar refractivity (Wildman–Crippen MR) is 78.3 cm³/mol. The summed E-state index contributed by atoms with van der Waals surface area (Å²) in [4.78, 5) is 26.1. The van der Waals surface area contributed by atoms with Gasteiger partial charge in [0.05, 0.1) is 0 Å². The molecule has 1 fully saturated rings. The Morgan fingerprint density at radius 2 is 1.90 bits per heavy atom. The number of carbonyl (C=O) groups is 2. The molecule has 1 heterocycles. The first-order valence-electron chi connectivity index (χ1n) is 6.94. The van der Waals surface area contributed by atoms with Crippen LogP contribution in [0.3, 0.4) is 0 Å². The summed E-state index contributed by atoms with van der Waals surface area (Å²) in [5.74, 6) is -0.281. The zero-order valence-electron chi connectivity index (χ0n) is 12.0. The number of nitrogens with one attached hydrogen (secondary N) is 1. The van der Waals surface area contributed by atoms with Crippen LogP contribution in [0.5, 0.6) is 0 Å². The van der Waals surface area contributed by atoms with Crippen LogP contribution in [0.1, 0.15) is 35.7 Å². The molecular formula is C15H21N3O2. The van der Waals surface area contributed by atoms with E-state index in [1.807, 2.05) is 6.92 Å². The molecule has 0 saturated carbocycles. The van der Waals surface area contributed by atoms with Gasteiger partial charge >= 0.3 is 0 Å². The van der Waals surface area contributed by atoms with E-state index in [-0.39, 0.29) is 11.8 Å². The Bertz CT molecular complexity index is 502. The van der Waals surface area contributed by atoms with Crippen LogP contribution in [0.2, 0.25) is 0 Å². The zero-order valence-corrected chi connectivity index (χ0v) is 12.0. The van der Waals surface area contributed by atoms with Crippen molar-refractivity contribution in [3.05, 3.63) is 29.3 Å². The number of aryl methyl sites for hydroxylation is 1. The maximum absolute atomic E-state index is 12.1. The summed E-state index contributed by atoms with van der Waals surface area (Å²) < 4.78 is 0. The molecule has 2 rings (SSSR count). The van der Waals surface area contributed by atoms with Gasteiger partial charge < -0.3 is 16.0 Å². The zero-order chi connectivity index (χ0) is 14.7. The van der Waals surface area contributed by atoms with E-state index in [0.717, 1.165) is 31.5 Å². The second-order valence-electron chi connectivity index (χ2n) is 5.36. The Morgan fingerprint density at radius 3 is 2.50 bits per heavy atom. The number of anilines is 1. The molecule has 1 aliphatic rings. The first-order valence-corrected chi connectivity index (χ1v) is 6.94. The van der Waals surface area contributed by atoms with E-state index < -0.39 is 6.04 Å². The van der Waals surface area contributed by atoms with Gasteiger partial charge in [-0.2, -0.15) is 0 Å². The van der Waals surface area contributed by atoms with Gasteiger partial charge in [0.15, 0.2) is 0 Å². The number of benzene rings is 1. The highest BCUT2D eigenvalue weighted by Crippen LogP contribution is 2.12. The molecule has 20 heavy (non-hydrogen) atoms. The summed E-state index contributed by atoms with van der Waals surface area (Å²) in [6, 6.07) is 4.67. The van der Waals surface area contributed by atoms with Crippen LogP contribution in [0.4, 0.5) is 5.69 Å². The standard InChI is InChI=1S/C15H21N3O2/c1-10-7-12(9-13(16)8-10)14(19)17-11(2)15(20)18-5-3-4-6-18/h7-9,11H,3-6,16H2,1-2H3,(H,17,19). The number of amides is 2. The maximum atomic E-state index is 12.1. The summed E-state index contributed by atoms with van der Waals surface area (Å²) in [6.07, 6.45) is 2.08. The van der Waals surface area contributed by atoms with Crippen molar-refractivity contribution in [2.75, 3.05) is 18.8 Å². The Morgan fingerprint density at radius 1 is 1.25 bits per heavy atom. The van der Waals surface area contributed by atoms with Gasteiger partial charge in [0, 0.05) is 24.3 Å². The third-order valence-corrected chi connectivity index (χ3v) is 3.50. The molecule has 1 aromatic rings. The lowest BCUT2D eigenvalue weighted by molar-refractivity contribution is -0.131. The van der Waals surface area contributed by atoms with Crippen molar-refractivity contribution >= 4 is 17.5 Å². The van der Waals surface area contributed by atoms with Crippen molar-refractivity contribution in [1.82, 2.24) is 10.2 Å². The van der Waals surface area contributed by atoms with E-state index in [4.69, 9.17) is 5.73 Å². The normalized spacial score (nSPS) is 16.0. The first kappa shape index (κ1) is 14.4. The van der Waals surface area contributed by atoms with Crippen molar-refractivity contribution < 1.29 is 9.59 Å². The Labute approximate surface area is 119 Å². The third-order valence-electron chi connectivity index (χ3n) is 3.50. The topological polar surface area (TPSA) is 75.4 Å². The number of carbonyl (C=O) groups excluding carboxylic acids is 2. The van der Waals surface area contributed by atoms with E-state index in [0.29, 0.717) is 11.3 Å². The van der Waals surface area contributed by atoms with Crippen molar-refractivity contribution in [3.63, 3.8) is 0 Å². The van der Waals surface area contributed by atoms with Gasteiger partial charge in [-0.15, -0.1) is 0 Å². The molecule has 0 spiro atoms. The minimum Gasteiger partial charge on any atom is -0.399 e. The fourth-order valence-corrected chi connectivity index (χ4v) is 2.50. The minimum absolute atomic E-state index is 0.0172. The van der Waals surface area contributed by atoms with Crippen molar-refractivity contribution in [1.29, 1.82) is 0 Å². The lowest BCUT2D eigenvalue weighted by Gasteiger charge is -2.21. The van der Waals surface area contributed by atoms with Gasteiger partial charge in [0.1, 0.15) is 6.04 Å². The summed E-state index contributed by atoms with van der Waals surface area (Å²) in [5, 5.41) is 2.74. The monoisotopic (exact) mass is 275 g/mol. The molecule has 0 radical (unpaired) electrons. The molecule has 0 aromatic heterocycles. The van der Waals surface area contributed by atoms with Gasteiger partial charge in [0.25, 0.3) is 5.91 Å². The number of nitrogen functional groups attached to an aromatic ring is 1. The van der Waals surface area contributed by atoms with Gasteiger partial charge in [-0.25, -0.2) is 0 Å². The molecule has 0 aliphatic carbocycles. The third kappa shape index (κ3) is 3.29. The highest BCUT2D eigenvalue weighted by atomic mass is 16.2. The predicted octanol–water partition coefficient (Wildman–Crippen LogP) is 1.32. The van der Waals surface area contributed by atoms with Crippen molar-refractivity contribution in [2.24, 2.45) is 0 Å². The van der Waals surface area contributed by atoms with Gasteiger partial charge in [-0.05, 0) is 50.5 Å². The molecule has 5 heteroatoms. The molecule has 1 atom stereocenters. The SMILES string of the molecule is Cc1cc(N)cc(C(=O)NC(C)C(=O)N2CCCC2)c1. The lowest BCUT2D eigenvalue weighted by atomic mass is 10.1. The highest BCUT2D eigenvalue weighted by Gasteiger charge is 2.24. The summed E-state index contributed by atoms with van der Waals surface area (Å²) >= 11 is 0. The van der Waals surface area contributed by atoms with Gasteiger partial charge in [-0.3, -0.25) is 9.59 Å². The largest absolute Gasteiger partial charge is 0.399 e. The molecular weight excluding hydrogens is 254 g/mol. The van der Waals surface area contributed by atoms with Crippen LogP contribution in [0, 0.1) is 6.92 Å². The Kier molecular flexibility index (Phi) is 4.27. The van der Waals surface area contributed by atoms with Gasteiger partial charge in [0.2, 0.25) is 5.91 Å². The molecule has 1 saturated heterocycles. The minimum atomic E-state index is -0.512. The summed E-state index contributed by atoms with van der Waals surface area (Å²) in [6.45, 7) is 5.18. The van der Waals surface area contributed by atoms with Crippen LogP contribution in [-0.4, -0.2) is 35.8 Å². The number of hydrogen-bond donors (Lipinski definition) is 2. The van der Waals surface area contributed by atoms with E-state index in [2.05, 4.69) is 5.32 Å². The van der Waals surface area contributed by atoms with Crippen molar-refractivity contribution in [2.45, 2.75) is 32.7 Å². The number of rotatable bonds is 3. The van der Waals surface area contributed by atoms with Crippen LogP contribution in [0.25, 0.3) is 0 Å². The summed E-state index contributed by atoms with van der Waals surface area (Å²) in [5.41, 5.74) is 7.70. The average Bonchev–Trinajstić information content (AvgIpc) is 2.90. The average molecular weight is 275 g/mol. The Hall–Kier alpha value is -2.04. The number of nitrogens with zero attached hydrogens (tertiary/aromatic N) is 1. The Balaban J connectivity index is 2.01. The molecule has 5 nitrogen and oxygen atoms in total. The lowest BCUT2D eigenvalue weighted by Crippen LogP contribution is -2.45. The maximum Gasteiger partial charge on any atom is 0.252 e. The van der Waals surface area contributed by atoms with Crippen LogP contribution in [0.15, 0.2) is 18.2 Å². The molecule has 3 N–H and O–H groups in total.